The van der Waals surface area contributed by atoms with E-state index in [-0.39, 0.29) is 18.9 Å². The largest absolute Gasteiger partial charge is 0.456 e. The summed E-state index contributed by atoms with van der Waals surface area (Å²) in [7, 11) is 0. The Bertz CT molecular complexity index is 736. The number of esters is 1. The van der Waals surface area contributed by atoms with Crippen LogP contribution in [0.15, 0.2) is 24.3 Å². The van der Waals surface area contributed by atoms with Crippen LogP contribution in [0, 0.1) is 0 Å². The molecule has 1 rings (SSSR count). The van der Waals surface area contributed by atoms with E-state index in [2.05, 4.69) is 10.6 Å². The molecule has 0 aliphatic rings. The summed E-state index contributed by atoms with van der Waals surface area (Å²) in [6, 6.07) is 6.48. The molecule has 0 bridgehead atoms. The van der Waals surface area contributed by atoms with Crippen LogP contribution in [0.4, 0.5) is 10.5 Å². The monoisotopic (exact) mass is 421 g/mol. The van der Waals surface area contributed by atoms with Crippen molar-refractivity contribution in [2.75, 3.05) is 31.6 Å². The van der Waals surface area contributed by atoms with Crippen LogP contribution in [-0.2, 0) is 19.1 Å². The van der Waals surface area contributed by atoms with Gasteiger partial charge >= 0.3 is 12.1 Å². The first-order chi connectivity index (χ1) is 14.1. The Labute approximate surface area is 177 Å². The lowest BCUT2D eigenvalue weighted by molar-refractivity contribution is -0.147. The summed E-state index contributed by atoms with van der Waals surface area (Å²) in [5, 5.41) is 5.02. The van der Waals surface area contributed by atoms with E-state index in [9.17, 15) is 19.2 Å². The Morgan fingerprint density at radius 3 is 2.13 bits per heavy atom. The van der Waals surface area contributed by atoms with Crippen molar-refractivity contribution >= 4 is 29.6 Å². The van der Waals surface area contributed by atoms with E-state index in [1.165, 1.54) is 0 Å². The highest BCUT2D eigenvalue weighted by molar-refractivity contribution is 5.96. The Morgan fingerprint density at radius 1 is 1.00 bits per heavy atom. The van der Waals surface area contributed by atoms with E-state index in [1.807, 2.05) is 13.8 Å². The minimum absolute atomic E-state index is 0.0391. The average molecular weight is 421 g/mol. The molecule has 166 valence electrons. The zero-order chi connectivity index (χ0) is 22.7. The number of rotatable bonds is 9. The second-order valence-electron chi connectivity index (χ2n) is 7.44. The first-order valence-corrected chi connectivity index (χ1v) is 9.87. The van der Waals surface area contributed by atoms with Crippen LogP contribution in [0.1, 0.15) is 51.4 Å². The van der Waals surface area contributed by atoms with Crippen molar-refractivity contribution in [1.82, 2.24) is 10.2 Å². The van der Waals surface area contributed by atoms with Crippen molar-refractivity contribution < 1.29 is 28.7 Å². The molecule has 9 nitrogen and oxygen atoms in total. The summed E-state index contributed by atoms with van der Waals surface area (Å²) >= 11 is 0. The molecule has 0 saturated heterocycles. The Morgan fingerprint density at radius 2 is 1.60 bits per heavy atom. The van der Waals surface area contributed by atoms with Gasteiger partial charge in [-0.05, 0) is 58.9 Å². The molecule has 9 heteroatoms. The van der Waals surface area contributed by atoms with Gasteiger partial charge in [-0.1, -0.05) is 0 Å². The molecular formula is C21H31N3O6. The van der Waals surface area contributed by atoms with E-state index in [4.69, 9.17) is 9.47 Å². The molecule has 30 heavy (non-hydrogen) atoms. The number of hydrogen-bond donors (Lipinski definition) is 2. The number of ether oxygens (including phenoxy) is 2. The van der Waals surface area contributed by atoms with Gasteiger partial charge in [0, 0.05) is 30.9 Å². The van der Waals surface area contributed by atoms with Crippen molar-refractivity contribution in [1.29, 1.82) is 0 Å². The summed E-state index contributed by atoms with van der Waals surface area (Å²) in [5.41, 5.74) is 0.388. The fourth-order valence-electron chi connectivity index (χ4n) is 2.39. The maximum Gasteiger partial charge on any atom is 0.407 e. The molecule has 1 aromatic carbocycles. The molecule has 0 fully saturated rings. The molecule has 0 unspecified atom stereocenters. The molecule has 3 amide bonds. The number of hydrogen-bond acceptors (Lipinski definition) is 6. The normalized spacial score (nSPS) is 10.7. The predicted molar refractivity (Wildman–Crippen MR) is 112 cm³/mol. The number of anilines is 1. The second kappa shape index (κ2) is 11.8. The van der Waals surface area contributed by atoms with E-state index in [0.717, 1.165) is 0 Å². The number of nitrogens with one attached hydrogen (secondary N) is 2. The molecule has 2 N–H and O–H groups in total. The standard InChI is InChI=1S/C21H31N3O6/c1-6-24(7-2)19(27)15-8-10-16(11-9-15)23-17(25)14-29-18(26)12-13-22-20(28)30-21(3,4)5/h8-11H,6-7,12-14H2,1-5H3,(H,22,28)(H,23,25). The zero-order valence-electron chi connectivity index (χ0n) is 18.2. The molecule has 0 radical (unpaired) electrons. The molecule has 1 aromatic rings. The lowest BCUT2D eigenvalue weighted by atomic mass is 10.2. The van der Waals surface area contributed by atoms with Crippen LogP contribution >= 0.6 is 0 Å². The smallest absolute Gasteiger partial charge is 0.407 e. The minimum Gasteiger partial charge on any atom is -0.456 e. The molecule has 0 saturated carbocycles. The molecule has 0 aliphatic heterocycles. The maximum atomic E-state index is 12.3. The zero-order valence-corrected chi connectivity index (χ0v) is 18.2. The fraction of sp³-hybridized carbons (Fsp3) is 0.524. The molecular weight excluding hydrogens is 390 g/mol. The SMILES string of the molecule is CCN(CC)C(=O)c1ccc(NC(=O)COC(=O)CCNC(=O)OC(C)(C)C)cc1. The van der Waals surface area contributed by atoms with Gasteiger partial charge in [0.25, 0.3) is 11.8 Å². The Balaban J connectivity index is 2.36. The number of carbonyl (C=O) groups is 4. The third-order valence-corrected chi connectivity index (χ3v) is 3.83. The van der Waals surface area contributed by atoms with Crippen molar-refractivity contribution in [3.8, 4) is 0 Å². The van der Waals surface area contributed by atoms with Crippen LogP contribution in [-0.4, -0.2) is 60.6 Å². The number of benzene rings is 1. The molecule has 0 aliphatic carbocycles. The van der Waals surface area contributed by atoms with Gasteiger partial charge in [-0.2, -0.15) is 0 Å². The first-order valence-electron chi connectivity index (χ1n) is 9.87. The van der Waals surface area contributed by atoms with Crippen LogP contribution < -0.4 is 10.6 Å². The molecule has 0 aromatic heterocycles. The van der Waals surface area contributed by atoms with Gasteiger partial charge in [0.2, 0.25) is 0 Å². The molecule has 0 spiro atoms. The van der Waals surface area contributed by atoms with E-state index < -0.39 is 30.2 Å². The van der Waals surface area contributed by atoms with Gasteiger partial charge in [-0.15, -0.1) is 0 Å². The highest BCUT2D eigenvalue weighted by Gasteiger charge is 2.16. The number of nitrogens with zero attached hydrogens (tertiary/aromatic N) is 1. The van der Waals surface area contributed by atoms with Gasteiger partial charge < -0.3 is 25.0 Å². The maximum absolute atomic E-state index is 12.3. The van der Waals surface area contributed by atoms with E-state index in [0.29, 0.717) is 24.3 Å². The van der Waals surface area contributed by atoms with Gasteiger partial charge in [0.1, 0.15) is 5.60 Å². The summed E-state index contributed by atoms with van der Waals surface area (Å²) < 4.78 is 9.92. The van der Waals surface area contributed by atoms with Crippen LogP contribution in [0.2, 0.25) is 0 Å². The van der Waals surface area contributed by atoms with Gasteiger partial charge in [0.15, 0.2) is 6.61 Å². The van der Waals surface area contributed by atoms with E-state index in [1.54, 1.807) is 49.9 Å². The van der Waals surface area contributed by atoms with Crippen molar-refractivity contribution in [3.05, 3.63) is 29.8 Å². The van der Waals surface area contributed by atoms with Crippen LogP contribution in [0.25, 0.3) is 0 Å². The Hall–Kier alpha value is -3.10. The summed E-state index contributed by atoms with van der Waals surface area (Å²) in [4.78, 5) is 49.0. The van der Waals surface area contributed by atoms with Gasteiger partial charge in [-0.3, -0.25) is 14.4 Å². The van der Waals surface area contributed by atoms with Gasteiger partial charge in [0.05, 0.1) is 6.42 Å². The first kappa shape index (κ1) is 24.9. The topological polar surface area (TPSA) is 114 Å². The van der Waals surface area contributed by atoms with E-state index >= 15 is 0 Å². The lowest BCUT2D eigenvalue weighted by Crippen LogP contribution is -2.34. The minimum atomic E-state index is -0.629. The highest BCUT2D eigenvalue weighted by Crippen LogP contribution is 2.12. The van der Waals surface area contributed by atoms with Crippen LogP contribution in [0.3, 0.4) is 0 Å². The highest BCUT2D eigenvalue weighted by atomic mass is 16.6. The van der Waals surface area contributed by atoms with Crippen LogP contribution in [0.5, 0.6) is 0 Å². The summed E-state index contributed by atoms with van der Waals surface area (Å²) in [5.74, 6) is -1.21. The quantitative estimate of drug-likeness (QED) is 0.593. The van der Waals surface area contributed by atoms with Crippen molar-refractivity contribution in [2.24, 2.45) is 0 Å². The average Bonchev–Trinajstić information content (AvgIpc) is 2.66. The Kier molecular flexibility index (Phi) is 9.80. The molecule has 0 atom stereocenters. The second-order valence-corrected chi connectivity index (χ2v) is 7.44. The number of alkyl carbamates (subject to hydrolysis) is 1. The number of carbonyl (C=O) groups excluding carboxylic acids is 4. The fourth-order valence-corrected chi connectivity index (χ4v) is 2.39. The van der Waals surface area contributed by atoms with Crippen molar-refractivity contribution in [2.45, 2.75) is 46.6 Å². The van der Waals surface area contributed by atoms with Crippen molar-refractivity contribution in [3.63, 3.8) is 0 Å². The third-order valence-electron chi connectivity index (χ3n) is 3.83. The summed E-state index contributed by atoms with van der Waals surface area (Å²) in [6.07, 6.45) is -0.717. The summed E-state index contributed by atoms with van der Waals surface area (Å²) in [6.45, 7) is 9.83. The number of amides is 3. The third kappa shape index (κ3) is 9.40. The lowest BCUT2D eigenvalue weighted by Gasteiger charge is -2.19. The predicted octanol–water partition coefficient (Wildman–Crippen LogP) is 2.57. The van der Waals surface area contributed by atoms with Gasteiger partial charge in [-0.25, -0.2) is 4.79 Å². The molecule has 0 heterocycles.